The van der Waals surface area contributed by atoms with Gasteiger partial charge in [0, 0.05) is 5.02 Å². The second-order valence-electron chi connectivity index (χ2n) is 6.80. The van der Waals surface area contributed by atoms with Crippen LogP contribution in [0.3, 0.4) is 0 Å². The number of nitrogens with zero attached hydrogens (tertiary/aromatic N) is 1. The molecule has 0 saturated carbocycles. The Hall–Kier alpha value is -2.32. The van der Waals surface area contributed by atoms with Crippen LogP contribution in [-0.2, 0) is 11.4 Å². The summed E-state index contributed by atoms with van der Waals surface area (Å²) < 4.78 is 12.7. The molecule has 1 saturated heterocycles. The number of hydrogen-bond donors (Lipinski definition) is 0. The Balaban J connectivity index is 1.57. The second-order valence-corrected chi connectivity index (χ2v) is 9.77. The number of rotatable bonds is 6. The average molecular weight is 547 g/mol. The van der Waals surface area contributed by atoms with Gasteiger partial charge in [-0.1, -0.05) is 65.9 Å². The Morgan fingerprint density at radius 1 is 1.12 bits per heavy atom. The van der Waals surface area contributed by atoms with Crippen LogP contribution in [0.1, 0.15) is 11.1 Å². The minimum absolute atomic E-state index is 0.149. The largest absolute Gasteiger partial charge is 0.493 e. The summed E-state index contributed by atoms with van der Waals surface area (Å²) in [5.41, 5.74) is 2.53. The molecule has 1 fully saturated rings. The van der Waals surface area contributed by atoms with E-state index in [1.54, 1.807) is 18.1 Å². The molecule has 4 nitrogen and oxygen atoms in total. The maximum Gasteiger partial charge on any atom is 0.270 e. The monoisotopic (exact) mass is 545 g/mol. The van der Waals surface area contributed by atoms with E-state index in [0.29, 0.717) is 32.4 Å². The van der Waals surface area contributed by atoms with E-state index in [1.807, 2.05) is 66.7 Å². The van der Waals surface area contributed by atoms with Crippen LogP contribution in [0.2, 0.25) is 5.02 Å². The molecule has 0 atom stereocenters. The molecule has 0 spiro atoms. The highest BCUT2D eigenvalue weighted by Gasteiger charge is 2.33. The highest BCUT2D eigenvalue weighted by Crippen LogP contribution is 2.40. The molecule has 0 radical (unpaired) electrons. The number of methoxy groups -OCH3 is 1. The normalized spacial score (nSPS) is 14.8. The highest BCUT2D eigenvalue weighted by molar-refractivity contribution is 9.10. The van der Waals surface area contributed by atoms with Gasteiger partial charge >= 0.3 is 0 Å². The molecule has 4 rings (SSSR count). The van der Waals surface area contributed by atoms with Crippen molar-refractivity contribution in [3.63, 3.8) is 0 Å². The van der Waals surface area contributed by atoms with Crippen LogP contribution in [0.5, 0.6) is 11.5 Å². The summed E-state index contributed by atoms with van der Waals surface area (Å²) >= 11 is 16.2. The quantitative estimate of drug-likeness (QED) is 0.244. The maximum atomic E-state index is 13.0. The molecular weight excluding hydrogens is 530 g/mol. The van der Waals surface area contributed by atoms with Crippen LogP contribution in [0.15, 0.2) is 76.1 Å². The van der Waals surface area contributed by atoms with E-state index < -0.39 is 0 Å². The minimum atomic E-state index is -0.149. The zero-order valence-corrected chi connectivity index (χ0v) is 20.9. The Morgan fingerprint density at radius 2 is 1.84 bits per heavy atom. The number of carbonyl (C=O) groups is 1. The minimum Gasteiger partial charge on any atom is -0.493 e. The van der Waals surface area contributed by atoms with Crippen LogP contribution < -0.4 is 14.4 Å². The van der Waals surface area contributed by atoms with Gasteiger partial charge in [0.1, 0.15) is 6.61 Å². The van der Waals surface area contributed by atoms with E-state index in [9.17, 15) is 4.79 Å². The Labute approximate surface area is 209 Å². The molecular formula is C24H17BrClNO3S2. The van der Waals surface area contributed by atoms with Crippen molar-refractivity contribution in [2.24, 2.45) is 0 Å². The third kappa shape index (κ3) is 5.02. The van der Waals surface area contributed by atoms with Gasteiger partial charge in [0.15, 0.2) is 15.8 Å². The van der Waals surface area contributed by atoms with Gasteiger partial charge in [-0.3, -0.25) is 9.69 Å². The lowest BCUT2D eigenvalue weighted by Crippen LogP contribution is -2.27. The molecule has 1 amide bonds. The van der Waals surface area contributed by atoms with Gasteiger partial charge in [-0.25, -0.2) is 0 Å². The van der Waals surface area contributed by atoms with Crippen molar-refractivity contribution in [2.45, 2.75) is 6.61 Å². The molecule has 0 aromatic heterocycles. The molecule has 3 aromatic rings. The van der Waals surface area contributed by atoms with Gasteiger partial charge in [0.2, 0.25) is 0 Å². The third-order valence-electron chi connectivity index (χ3n) is 4.65. The van der Waals surface area contributed by atoms with E-state index in [1.165, 1.54) is 11.8 Å². The molecule has 162 valence electrons. The topological polar surface area (TPSA) is 38.8 Å². The Kier molecular flexibility index (Phi) is 7.20. The van der Waals surface area contributed by atoms with Crippen molar-refractivity contribution in [3.8, 4) is 11.5 Å². The third-order valence-corrected chi connectivity index (χ3v) is 6.80. The van der Waals surface area contributed by atoms with Crippen molar-refractivity contribution >= 4 is 73.5 Å². The maximum absolute atomic E-state index is 13.0. The van der Waals surface area contributed by atoms with Crippen LogP contribution in [0.25, 0.3) is 6.08 Å². The van der Waals surface area contributed by atoms with Crippen LogP contribution in [0, 0.1) is 0 Å². The van der Waals surface area contributed by atoms with E-state index in [2.05, 4.69) is 15.9 Å². The lowest BCUT2D eigenvalue weighted by molar-refractivity contribution is -0.113. The Morgan fingerprint density at radius 3 is 2.53 bits per heavy atom. The van der Waals surface area contributed by atoms with Crippen molar-refractivity contribution in [1.82, 2.24) is 0 Å². The van der Waals surface area contributed by atoms with Crippen molar-refractivity contribution in [1.29, 1.82) is 0 Å². The molecule has 1 aliphatic heterocycles. The van der Waals surface area contributed by atoms with Crippen LogP contribution in [-0.4, -0.2) is 17.3 Å². The first-order chi connectivity index (χ1) is 15.5. The number of thiocarbonyl (C=S) groups is 1. The first-order valence-electron chi connectivity index (χ1n) is 9.54. The summed E-state index contributed by atoms with van der Waals surface area (Å²) in [4.78, 5) is 15.1. The predicted molar refractivity (Wildman–Crippen MR) is 139 cm³/mol. The highest BCUT2D eigenvalue weighted by atomic mass is 79.9. The number of amides is 1. The van der Waals surface area contributed by atoms with Crippen molar-refractivity contribution in [3.05, 3.63) is 92.3 Å². The first-order valence-corrected chi connectivity index (χ1v) is 11.9. The van der Waals surface area contributed by atoms with Gasteiger partial charge in [0.05, 0.1) is 22.2 Å². The standard InChI is InChI=1S/C24H17BrClNO3S2/c1-29-20-12-16(11-19(25)22(20)30-14-15-7-9-17(26)10-8-15)13-21-23(28)27(24(31)32-21)18-5-3-2-4-6-18/h2-13H,14H2,1H3/b21-13+. The second kappa shape index (κ2) is 10.1. The Bertz CT molecular complexity index is 1200. The summed E-state index contributed by atoms with van der Waals surface area (Å²) in [6, 6.07) is 20.5. The number of hydrogen-bond acceptors (Lipinski definition) is 5. The van der Waals surface area contributed by atoms with Gasteiger partial charge in [-0.15, -0.1) is 0 Å². The van der Waals surface area contributed by atoms with Crippen LogP contribution in [0.4, 0.5) is 5.69 Å². The molecule has 0 bridgehead atoms. The number of para-hydroxylation sites is 1. The smallest absolute Gasteiger partial charge is 0.270 e. The molecule has 0 unspecified atom stereocenters. The fraction of sp³-hybridized carbons (Fsp3) is 0.0833. The SMILES string of the molecule is COc1cc(/C=C2/SC(=S)N(c3ccccc3)C2=O)cc(Br)c1OCc1ccc(Cl)cc1. The number of halogens is 2. The summed E-state index contributed by atoms with van der Waals surface area (Å²) in [6.45, 7) is 0.362. The fourth-order valence-electron chi connectivity index (χ4n) is 3.12. The number of benzene rings is 3. The fourth-order valence-corrected chi connectivity index (χ4v) is 5.12. The molecule has 0 N–H and O–H groups in total. The van der Waals surface area contributed by atoms with Gasteiger partial charge in [-0.05, 0) is 69.5 Å². The first kappa shape index (κ1) is 22.9. The van der Waals surface area contributed by atoms with Gasteiger partial charge in [0.25, 0.3) is 5.91 Å². The molecule has 0 aliphatic carbocycles. The molecule has 1 heterocycles. The zero-order chi connectivity index (χ0) is 22.7. The van der Waals surface area contributed by atoms with Crippen LogP contribution >= 0.6 is 51.5 Å². The predicted octanol–water partition coefficient (Wildman–Crippen LogP) is 7.10. The molecule has 3 aromatic carbocycles. The van der Waals surface area contributed by atoms with Gasteiger partial charge < -0.3 is 9.47 Å². The van der Waals surface area contributed by atoms with E-state index in [4.69, 9.17) is 33.3 Å². The van der Waals surface area contributed by atoms with E-state index in [-0.39, 0.29) is 5.91 Å². The lowest BCUT2D eigenvalue weighted by Gasteiger charge is -2.14. The zero-order valence-electron chi connectivity index (χ0n) is 16.9. The van der Waals surface area contributed by atoms with Gasteiger partial charge in [-0.2, -0.15) is 0 Å². The number of ether oxygens (including phenoxy) is 2. The van der Waals surface area contributed by atoms with Crippen molar-refractivity contribution in [2.75, 3.05) is 12.0 Å². The summed E-state index contributed by atoms with van der Waals surface area (Å²) in [6.07, 6.45) is 1.80. The summed E-state index contributed by atoms with van der Waals surface area (Å²) in [7, 11) is 1.58. The molecule has 32 heavy (non-hydrogen) atoms. The summed E-state index contributed by atoms with van der Waals surface area (Å²) in [5, 5.41) is 0.676. The average Bonchev–Trinajstić information content (AvgIpc) is 3.07. The lowest BCUT2D eigenvalue weighted by atomic mass is 10.1. The van der Waals surface area contributed by atoms with E-state index in [0.717, 1.165) is 21.3 Å². The summed E-state index contributed by atoms with van der Waals surface area (Å²) in [5.74, 6) is 0.985. The van der Waals surface area contributed by atoms with Crippen molar-refractivity contribution < 1.29 is 14.3 Å². The number of anilines is 1. The van der Waals surface area contributed by atoms with E-state index >= 15 is 0 Å². The number of thioether (sulfide) groups is 1. The molecule has 8 heteroatoms. The molecule has 1 aliphatic rings. The number of carbonyl (C=O) groups excluding carboxylic acids is 1.